The molecule has 94 valence electrons. The topological polar surface area (TPSA) is 48.4 Å². The lowest BCUT2D eigenvalue weighted by atomic mass is 10.2. The summed E-state index contributed by atoms with van der Waals surface area (Å²) < 4.78 is 46.6. The first-order valence-electron chi connectivity index (χ1n) is 4.68. The zero-order valence-corrected chi connectivity index (χ0v) is 9.17. The van der Waals surface area contributed by atoms with Crippen molar-refractivity contribution in [2.45, 2.75) is 13.1 Å². The molecular weight excluding hydrogens is 239 g/mol. The van der Waals surface area contributed by atoms with Crippen molar-refractivity contribution >= 4 is 5.97 Å². The third-order valence-electron chi connectivity index (χ3n) is 1.85. The number of alkyl halides is 3. The number of ether oxygens (including phenoxy) is 2. The number of halogens is 3. The van der Waals surface area contributed by atoms with Crippen molar-refractivity contribution in [3.63, 3.8) is 0 Å². The highest BCUT2D eigenvalue weighted by Crippen LogP contribution is 2.34. The number of carbonyl (C=O) groups is 1. The summed E-state index contributed by atoms with van der Waals surface area (Å²) >= 11 is 0. The first-order valence-corrected chi connectivity index (χ1v) is 4.68. The lowest BCUT2D eigenvalue weighted by Gasteiger charge is -2.11. The minimum absolute atomic E-state index is 0.0864. The molecule has 0 spiro atoms. The van der Waals surface area contributed by atoms with Gasteiger partial charge in [-0.3, -0.25) is 0 Å². The number of methoxy groups -OCH3 is 1. The molecule has 0 saturated carbocycles. The third-order valence-corrected chi connectivity index (χ3v) is 1.85. The number of rotatable bonds is 3. The van der Waals surface area contributed by atoms with Gasteiger partial charge in [-0.25, -0.2) is 9.78 Å². The number of pyridine rings is 1. The van der Waals surface area contributed by atoms with Crippen molar-refractivity contribution in [3.05, 3.63) is 23.5 Å². The minimum Gasteiger partial charge on any atom is -0.494 e. The average Bonchev–Trinajstić information content (AvgIpc) is 2.27. The van der Waals surface area contributed by atoms with Gasteiger partial charge in [-0.1, -0.05) is 0 Å². The van der Waals surface area contributed by atoms with Crippen LogP contribution in [-0.2, 0) is 10.9 Å². The van der Waals surface area contributed by atoms with E-state index in [1.165, 1.54) is 0 Å². The molecule has 1 rings (SSSR count). The van der Waals surface area contributed by atoms with E-state index in [-0.39, 0.29) is 12.2 Å². The van der Waals surface area contributed by atoms with Crippen LogP contribution in [0.15, 0.2) is 12.3 Å². The second-order valence-electron chi connectivity index (χ2n) is 2.99. The van der Waals surface area contributed by atoms with Crippen LogP contribution >= 0.6 is 0 Å². The monoisotopic (exact) mass is 249 g/mol. The summed E-state index contributed by atoms with van der Waals surface area (Å²) in [5.41, 5.74) is -1.26. The quantitative estimate of drug-likeness (QED) is 0.771. The molecule has 0 aromatic carbocycles. The van der Waals surface area contributed by atoms with Crippen molar-refractivity contribution < 1.29 is 27.4 Å². The Labute approximate surface area is 95.4 Å². The van der Waals surface area contributed by atoms with E-state index >= 15 is 0 Å². The molecule has 0 radical (unpaired) electrons. The summed E-state index contributed by atoms with van der Waals surface area (Å²) in [6.07, 6.45) is -3.82. The minimum atomic E-state index is -4.63. The fourth-order valence-corrected chi connectivity index (χ4v) is 1.14. The van der Waals surface area contributed by atoms with Gasteiger partial charge in [0.25, 0.3) is 0 Å². The van der Waals surface area contributed by atoms with Crippen LogP contribution in [0.25, 0.3) is 0 Å². The number of hydrogen-bond donors (Lipinski definition) is 0. The fourth-order valence-electron chi connectivity index (χ4n) is 1.14. The molecule has 0 fully saturated rings. The van der Waals surface area contributed by atoms with Gasteiger partial charge in [-0.2, -0.15) is 13.2 Å². The van der Waals surface area contributed by atoms with Crippen LogP contribution in [0.1, 0.15) is 23.0 Å². The zero-order chi connectivity index (χ0) is 13.1. The number of hydrogen-bond acceptors (Lipinski definition) is 4. The smallest absolute Gasteiger partial charge is 0.437 e. The van der Waals surface area contributed by atoms with Crippen molar-refractivity contribution in [3.8, 4) is 5.75 Å². The summed E-state index contributed by atoms with van der Waals surface area (Å²) in [6, 6.07) is 0.952. The van der Waals surface area contributed by atoms with E-state index in [1.807, 2.05) is 0 Å². The van der Waals surface area contributed by atoms with Crippen LogP contribution in [0, 0.1) is 0 Å². The molecule has 0 amide bonds. The van der Waals surface area contributed by atoms with Crippen LogP contribution < -0.4 is 4.74 Å². The maximum absolute atomic E-state index is 12.5. The molecule has 1 aromatic rings. The van der Waals surface area contributed by atoms with Gasteiger partial charge in [0, 0.05) is 6.20 Å². The van der Waals surface area contributed by atoms with Crippen LogP contribution in [0.5, 0.6) is 5.75 Å². The molecule has 0 saturated heterocycles. The molecule has 17 heavy (non-hydrogen) atoms. The lowest BCUT2D eigenvalue weighted by Crippen LogP contribution is -2.13. The third kappa shape index (κ3) is 3.08. The van der Waals surface area contributed by atoms with Gasteiger partial charge in [0.1, 0.15) is 0 Å². The van der Waals surface area contributed by atoms with Crippen molar-refractivity contribution in [2.24, 2.45) is 0 Å². The molecule has 0 unspecified atom stereocenters. The number of aromatic nitrogens is 1. The molecular formula is C10H10F3NO3. The zero-order valence-electron chi connectivity index (χ0n) is 9.17. The SMILES string of the molecule is CCOC(=O)c1cnc(C(F)(F)F)c(OC)c1. The molecule has 0 atom stereocenters. The van der Waals surface area contributed by atoms with Crippen LogP contribution in [0.2, 0.25) is 0 Å². The largest absolute Gasteiger partial charge is 0.494 e. The molecule has 7 heteroatoms. The number of carbonyl (C=O) groups excluding carboxylic acids is 1. The van der Waals surface area contributed by atoms with E-state index in [0.29, 0.717) is 0 Å². The van der Waals surface area contributed by atoms with Gasteiger partial charge in [0.05, 0.1) is 19.3 Å². The Bertz CT molecular complexity index is 418. The van der Waals surface area contributed by atoms with E-state index in [0.717, 1.165) is 19.4 Å². The summed E-state index contributed by atoms with van der Waals surface area (Å²) in [7, 11) is 1.07. The Balaban J connectivity index is 3.13. The Morgan fingerprint density at radius 3 is 2.59 bits per heavy atom. The molecule has 0 N–H and O–H groups in total. The highest BCUT2D eigenvalue weighted by molar-refractivity contribution is 5.89. The highest BCUT2D eigenvalue weighted by Gasteiger charge is 2.36. The van der Waals surface area contributed by atoms with E-state index < -0.39 is 23.6 Å². The van der Waals surface area contributed by atoms with E-state index in [4.69, 9.17) is 0 Å². The van der Waals surface area contributed by atoms with Crippen LogP contribution in [0.3, 0.4) is 0 Å². The predicted molar refractivity (Wildman–Crippen MR) is 51.7 cm³/mol. The molecule has 0 aliphatic rings. The fraction of sp³-hybridized carbons (Fsp3) is 0.400. The van der Waals surface area contributed by atoms with Crippen molar-refractivity contribution in [1.29, 1.82) is 0 Å². The highest BCUT2D eigenvalue weighted by atomic mass is 19.4. The molecule has 0 aliphatic heterocycles. The maximum atomic E-state index is 12.5. The first kappa shape index (κ1) is 13.3. The Morgan fingerprint density at radius 1 is 1.47 bits per heavy atom. The average molecular weight is 249 g/mol. The van der Waals surface area contributed by atoms with Crippen molar-refractivity contribution in [1.82, 2.24) is 4.98 Å². The second kappa shape index (κ2) is 5.03. The number of nitrogens with zero attached hydrogens (tertiary/aromatic N) is 1. The van der Waals surface area contributed by atoms with Gasteiger partial charge >= 0.3 is 12.1 Å². The molecule has 0 bridgehead atoms. The standard InChI is InChI=1S/C10H10F3NO3/c1-3-17-9(15)6-4-7(16-2)8(14-5-6)10(11,12)13/h4-5H,3H2,1-2H3. The van der Waals surface area contributed by atoms with Crippen molar-refractivity contribution in [2.75, 3.05) is 13.7 Å². The molecule has 0 aliphatic carbocycles. The first-order chi connectivity index (χ1) is 7.90. The summed E-state index contributed by atoms with van der Waals surface area (Å²) in [5, 5.41) is 0. The lowest BCUT2D eigenvalue weighted by molar-refractivity contribution is -0.142. The van der Waals surface area contributed by atoms with Gasteiger partial charge in [-0.05, 0) is 13.0 Å². The molecule has 4 nitrogen and oxygen atoms in total. The summed E-state index contributed by atoms with van der Waals surface area (Å²) in [5.74, 6) is -1.25. The maximum Gasteiger partial charge on any atom is 0.437 e. The Morgan fingerprint density at radius 2 is 2.12 bits per heavy atom. The normalized spacial score (nSPS) is 11.1. The predicted octanol–water partition coefficient (Wildman–Crippen LogP) is 2.29. The van der Waals surface area contributed by atoms with E-state index in [1.54, 1.807) is 6.92 Å². The summed E-state index contributed by atoms with van der Waals surface area (Å²) in [6.45, 7) is 1.72. The second-order valence-corrected chi connectivity index (χ2v) is 2.99. The molecule has 1 heterocycles. The van der Waals surface area contributed by atoms with E-state index in [9.17, 15) is 18.0 Å². The van der Waals surface area contributed by atoms with Crippen LogP contribution in [0.4, 0.5) is 13.2 Å². The molecule has 1 aromatic heterocycles. The van der Waals surface area contributed by atoms with Gasteiger partial charge in [0.15, 0.2) is 11.4 Å². The van der Waals surface area contributed by atoms with Gasteiger partial charge in [0.2, 0.25) is 0 Å². The Hall–Kier alpha value is -1.79. The van der Waals surface area contributed by atoms with E-state index in [2.05, 4.69) is 14.5 Å². The number of esters is 1. The van der Waals surface area contributed by atoms with Gasteiger partial charge in [-0.15, -0.1) is 0 Å². The Kier molecular flexibility index (Phi) is 3.93. The summed E-state index contributed by atoms with van der Waals surface area (Å²) in [4.78, 5) is 14.4. The van der Waals surface area contributed by atoms with Gasteiger partial charge < -0.3 is 9.47 Å². The van der Waals surface area contributed by atoms with Crippen LogP contribution in [-0.4, -0.2) is 24.7 Å².